The highest BCUT2D eigenvalue weighted by Crippen LogP contribution is 2.24. The van der Waals surface area contributed by atoms with Gasteiger partial charge in [-0.15, -0.1) is 0 Å². The molecule has 0 bridgehead atoms. The van der Waals surface area contributed by atoms with Crippen molar-refractivity contribution in [1.82, 2.24) is 19.8 Å². The van der Waals surface area contributed by atoms with Crippen LogP contribution in [0.15, 0.2) is 24.3 Å². The molecule has 1 saturated carbocycles. The Balaban J connectivity index is 1.68. The maximum absolute atomic E-state index is 13.4. The van der Waals surface area contributed by atoms with E-state index in [4.69, 9.17) is 4.98 Å². The molecule has 1 aromatic heterocycles. The van der Waals surface area contributed by atoms with Crippen LogP contribution in [0.3, 0.4) is 0 Å². The zero-order valence-corrected chi connectivity index (χ0v) is 21.0. The van der Waals surface area contributed by atoms with Crippen LogP contribution in [0.25, 0.3) is 11.0 Å². The highest BCUT2D eigenvalue weighted by molar-refractivity contribution is 5.81. The summed E-state index contributed by atoms with van der Waals surface area (Å²) < 4.78 is 2.08. The molecular weight excluding hydrogens is 412 g/mol. The maximum atomic E-state index is 13.4. The molecule has 1 aliphatic rings. The molecule has 0 saturated heterocycles. The maximum Gasteiger partial charge on any atom is 0.243 e. The Kier molecular flexibility index (Phi) is 9.33. The summed E-state index contributed by atoms with van der Waals surface area (Å²) in [6.45, 7) is 9.48. The molecule has 1 N–H and O–H groups in total. The van der Waals surface area contributed by atoms with Crippen molar-refractivity contribution in [3.05, 3.63) is 30.1 Å². The average Bonchev–Trinajstić information content (AvgIpc) is 3.19. The van der Waals surface area contributed by atoms with Crippen LogP contribution < -0.4 is 5.32 Å². The predicted molar refractivity (Wildman–Crippen MR) is 134 cm³/mol. The lowest BCUT2D eigenvalue weighted by Gasteiger charge is -2.34. The zero-order chi connectivity index (χ0) is 23.8. The van der Waals surface area contributed by atoms with E-state index in [9.17, 15) is 9.59 Å². The standard InChI is InChI=1S/C27H42N4O2/c1-5-20(3)31(21(4)6-2)26(32)19-30-24-16-11-10-15-23(24)29-25(30)17-12-18-28-27(33)22-13-8-7-9-14-22/h10-11,15-16,20-22H,5-9,12-14,17-19H2,1-4H3,(H,28,33). The van der Waals surface area contributed by atoms with Gasteiger partial charge in [0.2, 0.25) is 11.8 Å². The van der Waals surface area contributed by atoms with E-state index < -0.39 is 0 Å². The fourth-order valence-corrected chi connectivity index (χ4v) is 5.00. The third-order valence-electron chi connectivity index (χ3n) is 7.30. The van der Waals surface area contributed by atoms with E-state index in [-0.39, 0.29) is 29.8 Å². The van der Waals surface area contributed by atoms with Crippen LogP contribution in [0.4, 0.5) is 0 Å². The van der Waals surface area contributed by atoms with Gasteiger partial charge in [-0.25, -0.2) is 4.98 Å². The van der Waals surface area contributed by atoms with Crippen LogP contribution in [-0.2, 0) is 22.6 Å². The molecule has 1 fully saturated rings. The first-order valence-electron chi connectivity index (χ1n) is 13.0. The number of aryl methyl sites for hydroxylation is 1. The van der Waals surface area contributed by atoms with Crippen LogP contribution in [0.2, 0.25) is 0 Å². The fourth-order valence-electron chi connectivity index (χ4n) is 5.00. The number of imidazole rings is 1. The van der Waals surface area contributed by atoms with Gasteiger partial charge in [0, 0.05) is 31.0 Å². The minimum Gasteiger partial charge on any atom is -0.356 e. The van der Waals surface area contributed by atoms with Crippen molar-refractivity contribution < 1.29 is 9.59 Å². The van der Waals surface area contributed by atoms with Crippen LogP contribution in [-0.4, -0.2) is 44.9 Å². The van der Waals surface area contributed by atoms with E-state index in [2.05, 4.69) is 37.6 Å². The lowest BCUT2D eigenvalue weighted by Crippen LogP contribution is -2.45. The number of benzene rings is 1. The summed E-state index contributed by atoms with van der Waals surface area (Å²) in [6, 6.07) is 8.45. The Morgan fingerprint density at radius 3 is 2.42 bits per heavy atom. The molecule has 182 valence electrons. The largest absolute Gasteiger partial charge is 0.356 e. The Morgan fingerprint density at radius 2 is 1.76 bits per heavy atom. The molecule has 2 aromatic rings. The molecule has 2 atom stereocenters. The number of rotatable bonds is 11. The number of hydrogen-bond donors (Lipinski definition) is 1. The lowest BCUT2D eigenvalue weighted by atomic mass is 9.89. The first kappa shape index (κ1) is 25.3. The summed E-state index contributed by atoms with van der Waals surface area (Å²) in [4.78, 5) is 32.7. The monoisotopic (exact) mass is 454 g/mol. The molecule has 2 amide bonds. The number of carbonyl (C=O) groups is 2. The van der Waals surface area contributed by atoms with E-state index in [0.717, 1.165) is 55.4 Å². The number of carbonyl (C=O) groups excluding carboxylic acids is 2. The van der Waals surface area contributed by atoms with Gasteiger partial charge in [0.25, 0.3) is 0 Å². The first-order chi connectivity index (χ1) is 16.0. The molecule has 6 heteroatoms. The van der Waals surface area contributed by atoms with Crippen molar-refractivity contribution in [2.75, 3.05) is 6.54 Å². The summed E-state index contributed by atoms with van der Waals surface area (Å²) in [6.07, 6.45) is 9.06. The van der Waals surface area contributed by atoms with Crippen LogP contribution in [0.1, 0.15) is 84.9 Å². The second-order valence-electron chi connectivity index (χ2n) is 9.65. The second kappa shape index (κ2) is 12.2. The van der Waals surface area contributed by atoms with Gasteiger partial charge in [-0.05, 0) is 58.1 Å². The fraction of sp³-hybridized carbons (Fsp3) is 0.667. The normalized spacial score (nSPS) is 16.5. The Bertz CT molecular complexity index is 906. The number of hydrogen-bond acceptors (Lipinski definition) is 3. The minimum atomic E-state index is 0.147. The molecule has 33 heavy (non-hydrogen) atoms. The Labute approximate surface area is 199 Å². The molecule has 1 heterocycles. The summed E-state index contributed by atoms with van der Waals surface area (Å²) in [7, 11) is 0. The van der Waals surface area contributed by atoms with Gasteiger partial charge in [-0.1, -0.05) is 45.2 Å². The molecule has 0 spiro atoms. The van der Waals surface area contributed by atoms with E-state index in [1.54, 1.807) is 0 Å². The topological polar surface area (TPSA) is 67.2 Å². The molecular formula is C27H42N4O2. The predicted octanol–water partition coefficient (Wildman–Crippen LogP) is 5.09. The molecule has 2 unspecified atom stereocenters. The van der Waals surface area contributed by atoms with Crippen molar-refractivity contribution in [1.29, 1.82) is 0 Å². The third kappa shape index (κ3) is 6.36. The molecule has 0 radical (unpaired) electrons. The highest BCUT2D eigenvalue weighted by atomic mass is 16.2. The number of aromatic nitrogens is 2. The second-order valence-corrected chi connectivity index (χ2v) is 9.65. The molecule has 1 aliphatic carbocycles. The summed E-state index contributed by atoms with van der Waals surface area (Å²) in [5, 5.41) is 3.13. The van der Waals surface area contributed by atoms with Crippen molar-refractivity contribution in [2.24, 2.45) is 5.92 Å². The lowest BCUT2D eigenvalue weighted by molar-refractivity contribution is -0.136. The molecule has 6 nitrogen and oxygen atoms in total. The summed E-state index contributed by atoms with van der Waals surface area (Å²) in [5.74, 6) is 1.46. The van der Waals surface area contributed by atoms with Crippen molar-refractivity contribution >= 4 is 22.8 Å². The van der Waals surface area contributed by atoms with E-state index in [1.165, 1.54) is 19.3 Å². The Morgan fingerprint density at radius 1 is 1.09 bits per heavy atom. The van der Waals surface area contributed by atoms with Gasteiger partial charge in [-0.3, -0.25) is 9.59 Å². The zero-order valence-electron chi connectivity index (χ0n) is 21.0. The van der Waals surface area contributed by atoms with Gasteiger partial charge < -0.3 is 14.8 Å². The van der Waals surface area contributed by atoms with Crippen molar-refractivity contribution in [3.63, 3.8) is 0 Å². The third-order valence-corrected chi connectivity index (χ3v) is 7.30. The van der Waals surface area contributed by atoms with Gasteiger partial charge >= 0.3 is 0 Å². The Hall–Kier alpha value is -2.37. The van der Waals surface area contributed by atoms with E-state index in [0.29, 0.717) is 13.1 Å². The van der Waals surface area contributed by atoms with Gasteiger partial charge in [0.1, 0.15) is 12.4 Å². The van der Waals surface area contributed by atoms with E-state index >= 15 is 0 Å². The van der Waals surface area contributed by atoms with Gasteiger partial charge in [-0.2, -0.15) is 0 Å². The number of fused-ring (bicyclic) bond motifs is 1. The van der Waals surface area contributed by atoms with Crippen LogP contribution in [0.5, 0.6) is 0 Å². The van der Waals surface area contributed by atoms with Crippen LogP contribution >= 0.6 is 0 Å². The molecule has 3 rings (SSSR count). The summed E-state index contributed by atoms with van der Waals surface area (Å²) in [5.41, 5.74) is 1.92. The number of para-hydroxylation sites is 2. The van der Waals surface area contributed by atoms with Crippen molar-refractivity contribution in [2.45, 2.75) is 104 Å². The number of nitrogens with one attached hydrogen (secondary N) is 1. The SMILES string of the molecule is CCC(C)N(C(=O)Cn1c(CCCNC(=O)C2CCCCC2)nc2ccccc21)C(C)CC. The van der Waals surface area contributed by atoms with E-state index in [1.807, 2.05) is 29.2 Å². The first-order valence-corrected chi connectivity index (χ1v) is 13.0. The van der Waals surface area contributed by atoms with Gasteiger partial charge in [0.05, 0.1) is 11.0 Å². The minimum absolute atomic E-state index is 0.147. The molecule has 0 aliphatic heterocycles. The average molecular weight is 455 g/mol. The van der Waals surface area contributed by atoms with Gasteiger partial charge in [0.15, 0.2) is 0 Å². The smallest absolute Gasteiger partial charge is 0.243 e. The quantitative estimate of drug-likeness (QED) is 0.481. The van der Waals surface area contributed by atoms with Crippen LogP contribution in [0, 0.1) is 5.92 Å². The highest BCUT2D eigenvalue weighted by Gasteiger charge is 2.25. The van der Waals surface area contributed by atoms with Crippen molar-refractivity contribution in [3.8, 4) is 0 Å². The summed E-state index contributed by atoms with van der Waals surface area (Å²) >= 11 is 0. The number of amides is 2. The number of nitrogens with zero attached hydrogens (tertiary/aromatic N) is 3. The molecule has 1 aromatic carbocycles.